The maximum absolute atomic E-state index is 5.74. The van der Waals surface area contributed by atoms with Crippen LogP contribution in [0.3, 0.4) is 0 Å². The van der Waals surface area contributed by atoms with E-state index in [4.69, 9.17) is 11.6 Å². The van der Waals surface area contributed by atoms with Crippen molar-refractivity contribution in [3.05, 3.63) is 48.2 Å². The smallest absolute Gasteiger partial charge is 0.151 e. The first-order valence-electron chi connectivity index (χ1n) is 7.88. The highest BCUT2D eigenvalue weighted by Gasteiger charge is 2.11. The summed E-state index contributed by atoms with van der Waals surface area (Å²) in [6.07, 6.45) is 11.0. The molecule has 1 saturated heterocycles. The molecule has 0 spiro atoms. The van der Waals surface area contributed by atoms with E-state index in [2.05, 4.69) is 21.7 Å². The van der Waals surface area contributed by atoms with Crippen molar-refractivity contribution >= 4 is 23.0 Å². The van der Waals surface area contributed by atoms with Crippen LogP contribution in [0.1, 0.15) is 38.3 Å². The lowest BCUT2D eigenvalue weighted by Crippen LogP contribution is -2.25. The van der Waals surface area contributed by atoms with Gasteiger partial charge < -0.3 is 4.90 Å². The Morgan fingerprint density at radius 3 is 2.55 bits per heavy atom. The van der Waals surface area contributed by atoms with E-state index in [0.29, 0.717) is 5.88 Å². The van der Waals surface area contributed by atoms with Gasteiger partial charge in [0.05, 0.1) is 5.69 Å². The number of allylic oxidation sites excluding steroid dienone is 5. The molecule has 0 saturated carbocycles. The summed E-state index contributed by atoms with van der Waals surface area (Å²) >= 11 is 5.74. The third-order valence-corrected chi connectivity index (χ3v) is 4.22. The lowest BCUT2D eigenvalue weighted by molar-refractivity contribution is 0.726. The largest absolute Gasteiger partial charge is 0.355 e. The van der Waals surface area contributed by atoms with Crippen molar-refractivity contribution in [2.24, 2.45) is 0 Å². The standard InChI is InChI=1S/C18H24ClN3/c1-15(14-19)8-7-9-16(2)17-10-11-18(21-20-17)22-12-5-3-4-6-13-22/h7-11H,2-6,12-14H2,1H3/b9-7-,15-8-. The molecule has 0 aromatic carbocycles. The second-order valence-corrected chi connectivity index (χ2v) is 5.98. The quantitative estimate of drug-likeness (QED) is 0.586. The minimum Gasteiger partial charge on any atom is -0.355 e. The van der Waals surface area contributed by atoms with Crippen LogP contribution in [-0.4, -0.2) is 29.2 Å². The van der Waals surface area contributed by atoms with Crippen LogP contribution >= 0.6 is 11.6 Å². The molecule has 22 heavy (non-hydrogen) atoms. The fraction of sp³-hybridized carbons (Fsp3) is 0.444. The molecule has 0 atom stereocenters. The van der Waals surface area contributed by atoms with Gasteiger partial charge in [0.1, 0.15) is 0 Å². The summed E-state index contributed by atoms with van der Waals surface area (Å²) in [5.41, 5.74) is 2.79. The van der Waals surface area contributed by atoms with E-state index in [-0.39, 0.29) is 0 Å². The number of aromatic nitrogens is 2. The predicted octanol–water partition coefficient (Wildman–Crippen LogP) is 4.61. The zero-order valence-electron chi connectivity index (χ0n) is 13.3. The van der Waals surface area contributed by atoms with E-state index in [1.807, 2.05) is 37.3 Å². The Morgan fingerprint density at radius 2 is 1.95 bits per heavy atom. The van der Waals surface area contributed by atoms with Crippen LogP contribution in [0.4, 0.5) is 5.82 Å². The average molecular weight is 318 g/mol. The normalized spacial score (nSPS) is 16.8. The van der Waals surface area contributed by atoms with Crippen molar-refractivity contribution in [2.75, 3.05) is 23.9 Å². The molecule has 0 radical (unpaired) electrons. The zero-order valence-corrected chi connectivity index (χ0v) is 14.0. The Morgan fingerprint density at radius 1 is 1.23 bits per heavy atom. The number of halogens is 1. The van der Waals surface area contributed by atoms with Crippen molar-refractivity contribution in [2.45, 2.75) is 32.6 Å². The Bertz CT molecular complexity index is 538. The van der Waals surface area contributed by atoms with Crippen molar-refractivity contribution < 1.29 is 0 Å². The van der Waals surface area contributed by atoms with Crippen molar-refractivity contribution in [3.63, 3.8) is 0 Å². The van der Waals surface area contributed by atoms with Gasteiger partial charge >= 0.3 is 0 Å². The lowest BCUT2D eigenvalue weighted by Gasteiger charge is -2.20. The van der Waals surface area contributed by atoms with E-state index >= 15 is 0 Å². The lowest BCUT2D eigenvalue weighted by atomic mass is 10.2. The zero-order chi connectivity index (χ0) is 15.8. The number of alkyl halides is 1. The molecule has 1 aromatic rings. The van der Waals surface area contributed by atoms with Crippen molar-refractivity contribution in [1.29, 1.82) is 0 Å². The highest BCUT2D eigenvalue weighted by atomic mass is 35.5. The van der Waals surface area contributed by atoms with Crippen LogP contribution in [0.15, 0.2) is 42.5 Å². The second kappa shape index (κ2) is 8.74. The first kappa shape index (κ1) is 16.8. The van der Waals surface area contributed by atoms with E-state index < -0.39 is 0 Å². The highest BCUT2D eigenvalue weighted by Crippen LogP contribution is 2.18. The van der Waals surface area contributed by atoms with Gasteiger partial charge in [0.15, 0.2) is 5.82 Å². The van der Waals surface area contributed by atoms with Gasteiger partial charge in [-0.2, -0.15) is 0 Å². The van der Waals surface area contributed by atoms with Gasteiger partial charge in [-0.3, -0.25) is 0 Å². The van der Waals surface area contributed by atoms with Gasteiger partial charge in [-0.25, -0.2) is 0 Å². The maximum atomic E-state index is 5.74. The molecule has 118 valence electrons. The molecule has 1 aromatic heterocycles. The monoisotopic (exact) mass is 317 g/mol. The molecule has 0 aliphatic carbocycles. The Labute approximate surface area is 138 Å². The third-order valence-electron chi connectivity index (χ3n) is 3.80. The predicted molar refractivity (Wildman–Crippen MR) is 95.4 cm³/mol. The molecular weight excluding hydrogens is 294 g/mol. The average Bonchev–Trinajstić information content (AvgIpc) is 2.84. The summed E-state index contributed by atoms with van der Waals surface area (Å²) in [6, 6.07) is 4.05. The molecular formula is C18H24ClN3. The molecule has 2 rings (SSSR count). The number of nitrogens with zero attached hydrogens (tertiary/aromatic N) is 3. The molecule has 2 heterocycles. The molecule has 0 N–H and O–H groups in total. The van der Waals surface area contributed by atoms with Crippen LogP contribution < -0.4 is 4.90 Å². The van der Waals surface area contributed by atoms with Crippen LogP contribution in [0.2, 0.25) is 0 Å². The van der Waals surface area contributed by atoms with E-state index in [1.165, 1.54) is 25.7 Å². The van der Waals surface area contributed by atoms with Gasteiger partial charge in [0, 0.05) is 19.0 Å². The SMILES string of the molecule is C=C(/C=C\C=C(\C)CCl)c1ccc(N2CCCCCC2)nn1. The molecule has 1 fully saturated rings. The van der Waals surface area contributed by atoms with Crippen LogP contribution in [0.5, 0.6) is 0 Å². The van der Waals surface area contributed by atoms with E-state index in [1.54, 1.807) is 0 Å². The number of hydrogen-bond acceptors (Lipinski definition) is 3. The summed E-state index contributed by atoms with van der Waals surface area (Å²) in [5, 5.41) is 8.68. The number of rotatable bonds is 5. The summed E-state index contributed by atoms with van der Waals surface area (Å²) in [5.74, 6) is 1.52. The first-order valence-corrected chi connectivity index (χ1v) is 8.42. The van der Waals surface area contributed by atoms with Crippen molar-refractivity contribution in [3.8, 4) is 0 Å². The fourth-order valence-electron chi connectivity index (χ4n) is 2.42. The Balaban J connectivity index is 2.00. The summed E-state index contributed by atoms with van der Waals surface area (Å²) < 4.78 is 0. The minimum absolute atomic E-state index is 0.543. The maximum Gasteiger partial charge on any atom is 0.151 e. The molecule has 3 nitrogen and oxygen atoms in total. The van der Waals surface area contributed by atoms with Gasteiger partial charge in [0.25, 0.3) is 0 Å². The number of anilines is 1. The fourth-order valence-corrected chi connectivity index (χ4v) is 2.51. The second-order valence-electron chi connectivity index (χ2n) is 5.71. The molecule has 0 bridgehead atoms. The molecule has 0 amide bonds. The summed E-state index contributed by atoms with van der Waals surface area (Å²) in [6.45, 7) is 8.20. The van der Waals surface area contributed by atoms with Gasteiger partial charge in [-0.1, -0.05) is 43.2 Å². The molecule has 4 heteroatoms. The topological polar surface area (TPSA) is 29.0 Å². The molecule has 1 aliphatic rings. The van der Waals surface area contributed by atoms with Crippen LogP contribution in [0, 0.1) is 0 Å². The Kier molecular flexibility index (Phi) is 6.66. The van der Waals surface area contributed by atoms with Gasteiger partial charge in [-0.15, -0.1) is 21.8 Å². The van der Waals surface area contributed by atoms with Gasteiger partial charge in [0.2, 0.25) is 0 Å². The Hall–Kier alpha value is -1.61. The molecule has 1 aliphatic heterocycles. The van der Waals surface area contributed by atoms with Crippen LogP contribution in [-0.2, 0) is 0 Å². The van der Waals surface area contributed by atoms with E-state index in [0.717, 1.165) is 35.7 Å². The van der Waals surface area contributed by atoms with Crippen LogP contribution in [0.25, 0.3) is 5.57 Å². The highest BCUT2D eigenvalue weighted by molar-refractivity contribution is 6.19. The number of hydrogen-bond donors (Lipinski definition) is 0. The van der Waals surface area contributed by atoms with Gasteiger partial charge in [-0.05, 0) is 37.5 Å². The summed E-state index contributed by atoms with van der Waals surface area (Å²) in [7, 11) is 0. The molecule has 0 unspecified atom stereocenters. The first-order chi connectivity index (χ1) is 10.7. The minimum atomic E-state index is 0.543. The van der Waals surface area contributed by atoms with E-state index in [9.17, 15) is 0 Å². The van der Waals surface area contributed by atoms with Crippen molar-refractivity contribution in [1.82, 2.24) is 10.2 Å². The third kappa shape index (κ3) is 4.99. The summed E-state index contributed by atoms with van der Waals surface area (Å²) in [4.78, 5) is 2.33.